The molecule has 68 valence electrons. The van der Waals surface area contributed by atoms with E-state index in [0.717, 1.165) is 5.92 Å². The van der Waals surface area contributed by atoms with E-state index >= 15 is 0 Å². The highest BCUT2D eigenvalue weighted by molar-refractivity contribution is 9.12. The van der Waals surface area contributed by atoms with E-state index in [-0.39, 0.29) is 0 Å². The molecule has 3 unspecified atom stereocenters. The fourth-order valence-corrected chi connectivity index (χ4v) is 5.28. The van der Waals surface area contributed by atoms with E-state index in [0.29, 0.717) is 15.7 Å². The van der Waals surface area contributed by atoms with E-state index in [1.54, 1.807) is 0 Å². The van der Waals surface area contributed by atoms with Crippen LogP contribution in [0.1, 0.15) is 27.2 Å². The lowest BCUT2D eigenvalue weighted by atomic mass is 9.70. The third-order valence-corrected chi connectivity index (χ3v) is 6.57. The van der Waals surface area contributed by atoms with Crippen molar-refractivity contribution in [1.29, 1.82) is 0 Å². The topological polar surface area (TPSA) is 0 Å². The maximum atomic E-state index is 3.80. The summed E-state index contributed by atoms with van der Waals surface area (Å²) in [4.78, 5) is 0.643. The van der Waals surface area contributed by atoms with Crippen molar-refractivity contribution in [3.05, 3.63) is 10.6 Å². The van der Waals surface area contributed by atoms with Crippen LogP contribution in [0.15, 0.2) is 10.6 Å². The van der Waals surface area contributed by atoms with Crippen LogP contribution in [0.2, 0.25) is 0 Å². The van der Waals surface area contributed by atoms with Crippen LogP contribution >= 0.6 is 31.9 Å². The van der Waals surface area contributed by atoms with Crippen LogP contribution in [0.5, 0.6) is 0 Å². The van der Waals surface area contributed by atoms with Gasteiger partial charge in [0.25, 0.3) is 0 Å². The number of fused-ring (bicyclic) bond motifs is 2. The minimum atomic E-state index is 0.317. The highest BCUT2D eigenvalue weighted by atomic mass is 79.9. The first-order valence-electron chi connectivity index (χ1n) is 4.42. The Balaban J connectivity index is 2.53. The summed E-state index contributed by atoms with van der Waals surface area (Å²) in [5.41, 5.74) is 0.734. The van der Waals surface area contributed by atoms with E-state index in [9.17, 15) is 0 Å². The number of rotatable bonds is 0. The standard InChI is InChI=1S/C10H14Br2/c1-9(2)6-4-7(11)10(9,3)8(12)5-6/h4,6,8H,5H2,1-3H3. The fraction of sp³-hybridized carbons (Fsp3) is 0.800. The third kappa shape index (κ3) is 0.790. The highest BCUT2D eigenvalue weighted by Crippen LogP contribution is 2.68. The molecule has 0 radical (unpaired) electrons. The Bertz CT molecular complexity index is 255. The second kappa shape index (κ2) is 2.38. The highest BCUT2D eigenvalue weighted by Gasteiger charge is 2.61. The van der Waals surface area contributed by atoms with Crippen LogP contribution in [-0.2, 0) is 0 Å². The molecular weight excluding hydrogens is 280 g/mol. The maximum Gasteiger partial charge on any atom is 0.0256 e. The van der Waals surface area contributed by atoms with Crippen molar-refractivity contribution < 1.29 is 0 Å². The lowest BCUT2D eigenvalue weighted by Crippen LogP contribution is -2.34. The van der Waals surface area contributed by atoms with Crippen molar-refractivity contribution in [2.75, 3.05) is 0 Å². The molecule has 0 nitrogen and oxygen atoms in total. The molecule has 2 aliphatic carbocycles. The Morgan fingerprint density at radius 3 is 2.25 bits per heavy atom. The molecule has 12 heavy (non-hydrogen) atoms. The number of hydrogen-bond donors (Lipinski definition) is 0. The van der Waals surface area contributed by atoms with Crippen LogP contribution in [0.3, 0.4) is 0 Å². The van der Waals surface area contributed by atoms with Gasteiger partial charge in [-0.25, -0.2) is 0 Å². The smallest absolute Gasteiger partial charge is 0.0256 e. The first kappa shape index (κ1) is 9.26. The Morgan fingerprint density at radius 2 is 2.00 bits per heavy atom. The predicted molar refractivity (Wildman–Crippen MR) is 59.7 cm³/mol. The first-order valence-corrected chi connectivity index (χ1v) is 6.13. The molecule has 1 fully saturated rings. The molecule has 0 spiro atoms. The largest absolute Gasteiger partial charge is 0.0880 e. The van der Waals surface area contributed by atoms with Gasteiger partial charge in [0.1, 0.15) is 0 Å². The fourth-order valence-electron chi connectivity index (χ4n) is 2.63. The van der Waals surface area contributed by atoms with Gasteiger partial charge in [-0.1, -0.05) is 58.7 Å². The van der Waals surface area contributed by atoms with Crippen molar-refractivity contribution in [3.8, 4) is 0 Å². The summed E-state index contributed by atoms with van der Waals surface area (Å²) in [6.07, 6.45) is 3.69. The average Bonchev–Trinajstić information content (AvgIpc) is 2.20. The van der Waals surface area contributed by atoms with Crippen LogP contribution in [0.4, 0.5) is 0 Å². The van der Waals surface area contributed by atoms with Gasteiger partial charge in [-0.05, 0) is 22.2 Å². The van der Waals surface area contributed by atoms with E-state index in [1.807, 2.05) is 0 Å². The summed E-state index contributed by atoms with van der Waals surface area (Å²) in [7, 11) is 0. The zero-order chi connectivity index (χ0) is 9.15. The summed E-state index contributed by atoms with van der Waals surface area (Å²) in [5.74, 6) is 0.751. The van der Waals surface area contributed by atoms with Gasteiger partial charge < -0.3 is 0 Å². The quantitative estimate of drug-likeness (QED) is 0.590. The summed E-state index contributed by atoms with van der Waals surface area (Å²) >= 11 is 7.50. The second-order valence-corrected chi connectivity index (χ2v) is 6.71. The molecule has 0 aromatic carbocycles. The van der Waals surface area contributed by atoms with Gasteiger partial charge in [0.15, 0.2) is 0 Å². The second-order valence-electron chi connectivity index (χ2n) is 4.75. The van der Waals surface area contributed by atoms with Crippen LogP contribution in [-0.4, -0.2) is 4.83 Å². The molecule has 2 aliphatic rings. The number of halogens is 2. The van der Waals surface area contributed by atoms with E-state index in [1.165, 1.54) is 10.9 Å². The molecule has 0 aromatic rings. The summed E-state index contributed by atoms with van der Waals surface area (Å²) in [5, 5.41) is 0. The van der Waals surface area contributed by atoms with Gasteiger partial charge >= 0.3 is 0 Å². The zero-order valence-electron chi connectivity index (χ0n) is 7.70. The molecule has 0 N–H and O–H groups in total. The number of alkyl halides is 1. The molecule has 2 rings (SSSR count). The Labute approximate surface area is 91.1 Å². The Hall–Kier alpha value is 0.700. The van der Waals surface area contributed by atoms with Crippen LogP contribution in [0.25, 0.3) is 0 Å². The van der Waals surface area contributed by atoms with Gasteiger partial charge in [0.05, 0.1) is 0 Å². The minimum absolute atomic E-state index is 0.317. The monoisotopic (exact) mass is 292 g/mol. The van der Waals surface area contributed by atoms with Crippen molar-refractivity contribution in [1.82, 2.24) is 0 Å². The van der Waals surface area contributed by atoms with Crippen LogP contribution < -0.4 is 0 Å². The van der Waals surface area contributed by atoms with E-state index < -0.39 is 0 Å². The Kier molecular flexibility index (Phi) is 1.84. The van der Waals surface area contributed by atoms with E-state index in [2.05, 4.69) is 58.7 Å². The Morgan fingerprint density at radius 1 is 1.42 bits per heavy atom. The molecule has 0 heterocycles. The molecular formula is C10H14Br2. The molecule has 2 heteroatoms. The molecule has 0 aromatic heterocycles. The number of hydrogen-bond acceptors (Lipinski definition) is 0. The molecule has 3 atom stereocenters. The van der Waals surface area contributed by atoms with Crippen molar-refractivity contribution in [3.63, 3.8) is 0 Å². The zero-order valence-corrected chi connectivity index (χ0v) is 10.9. The lowest BCUT2D eigenvalue weighted by molar-refractivity contribution is 0.184. The van der Waals surface area contributed by atoms with Crippen molar-refractivity contribution in [2.45, 2.75) is 32.0 Å². The minimum Gasteiger partial charge on any atom is -0.0880 e. The molecule has 1 saturated carbocycles. The predicted octanol–water partition coefficient (Wildman–Crippen LogP) is 4.09. The van der Waals surface area contributed by atoms with Gasteiger partial charge in [-0.3, -0.25) is 0 Å². The summed E-state index contributed by atoms with van der Waals surface area (Å²) in [6.45, 7) is 7.12. The number of allylic oxidation sites excluding steroid dienone is 2. The summed E-state index contributed by atoms with van der Waals surface area (Å²) in [6, 6.07) is 0. The normalized spacial score (nSPS) is 49.6. The maximum absolute atomic E-state index is 3.80. The summed E-state index contributed by atoms with van der Waals surface area (Å²) < 4.78 is 1.40. The molecule has 0 amide bonds. The lowest BCUT2D eigenvalue weighted by Gasteiger charge is -2.38. The van der Waals surface area contributed by atoms with Gasteiger partial charge in [-0.2, -0.15) is 0 Å². The SMILES string of the molecule is CC1(C)C2C=C(Br)C1(C)C(Br)C2. The van der Waals surface area contributed by atoms with Gasteiger partial charge in [0, 0.05) is 10.2 Å². The molecule has 0 saturated heterocycles. The van der Waals surface area contributed by atoms with Crippen LogP contribution in [0, 0.1) is 16.7 Å². The van der Waals surface area contributed by atoms with Gasteiger partial charge in [-0.15, -0.1) is 0 Å². The average molecular weight is 294 g/mol. The molecule has 0 aliphatic heterocycles. The van der Waals surface area contributed by atoms with Crippen molar-refractivity contribution in [2.24, 2.45) is 16.7 Å². The first-order chi connectivity index (χ1) is 5.40. The molecule has 2 bridgehead atoms. The van der Waals surface area contributed by atoms with E-state index in [4.69, 9.17) is 0 Å². The van der Waals surface area contributed by atoms with Gasteiger partial charge in [0.2, 0.25) is 0 Å². The third-order valence-electron chi connectivity index (χ3n) is 4.20. The van der Waals surface area contributed by atoms with Crippen molar-refractivity contribution >= 4 is 31.9 Å².